The Morgan fingerprint density at radius 2 is 1.95 bits per heavy atom. The van der Waals surface area contributed by atoms with Crippen LogP contribution in [0.4, 0.5) is 0 Å². The van der Waals surface area contributed by atoms with Crippen molar-refractivity contribution in [1.82, 2.24) is 0 Å². The van der Waals surface area contributed by atoms with Gasteiger partial charge < -0.3 is 9.15 Å². The lowest BCUT2D eigenvalue weighted by atomic mass is 10.1. The Balaban J connectivity index is 1.79. The second-order valence-electron chi connectivity index (χ2n) is 5.13. The molecule has 0 saturated heterocycles. The van der Waals surface area contributed by atoms with E-state index < -0.39 is 0 Å². The number of benzene rings is 2. The van der Waals surface area contributed by atoms with Gasteiger partial charge in [0.05, 0.1) is 5.56 Å². The largest absolute Gasteiger partial charge is 0.485 e. The summed E-state index contributed by atoms with van der Waals surface area (Å²) in [5, 5.41) is 0.826. The molecule has 3 aromatic rings. The van der Waals surface area contributed by atoms with Gasteiger partial charge >= 0.3 is 0 Å². The number of hydrogen-bond acceptors (Lipinski definition) is 3. The summed E-state index contributed by atoms with van der Waals surface area (Å²) < 4.78 is 11.0. The molecule has 0 aliphatic rings. The number of Topliss-reactive ketones (excluding diaryl/α,β-unsaturated/α-hetero) is 1. The van der Waals surface area contributed by atoms with Crippen LogP contribution in [0.5, 0.6) is 5.75 Å². The summed E-state index contributed by atoms with van der Waals surface area (Å²) >= 11 is 0. The predicted molar refractivity (Wildman–Crippen MR) is 82.0 cm³/mol. The van der Waals surface area contributed by atoms with E-state index in [-0.39, 0.29) is 12.4 Å². The molecule has 3 rings (SSSR count). The van der Waals surface area contributed by atoms with E-state index in [1.54, 1.807) is 0 Å². The summed E-state index contributed by atoms with van der Waals surface area (Å²) in [7, 11) is 0. The van der Waals surface area contributed by atoms with Gasteiger partial charge in [0.25, 0.3) is 0 Å². The van der Waals surface area contributed by atoms with Crippen LogP contribution in [0.25, 0.3) is 11.0 Å². The molecule has 1 aromatic heterocycles. The lowest BCUT2D eigenvalue weighted by Gasteiger charge is -2.08. The molecule has 0 bridgehead atoms. The van der Waals surface area contributed by atoms with Crippen LogP contribution in [0.3, 0.4) is 0 Å². The molecule has 0 spiro atoms. The highest BCUT2D eigenvalue weighted by molar-refractivity contribution is 6.07. The third-order valence-electron chi connectivity index (χ3n) is 3.48. The summed E-state index contributed by atoms with van der Waals surface area (Å²) in [6.45, 7) is 3.97. The molecule has 0 unspecified atom stereocenters. The van der Waals surface area contributed by atoms with Gasteiger partial charge in [-0.15, -0.1) is 0 Å². The van der Waals surface area contributed by atoms with Crippen LogP contribution in [-0.4, -0.2) is 12.4 Å². The van der Waals surface area contributed by atoms with Gasteiger partial charge in [-0.1, -0.05) is 30.3 Å². The number of ketones is 1. The molecule has 3 nitrogen and oxygen atoms in total. The maximum atomic E-state index is 12.3. The van der Waals surface area contributed by atoms with Crippen molar-refractivity contribution in [3.63, 3.8) is 0 Å². The quantitative estimate of drug-likeness (QED) is 0.668. The fraction of sp³-hybridized carbons (Fsp3) is 0.167. The minimum Gasteiger partial charge on any atom is -0.485 e. The van der Waals surface area contributed by atoms with Gasteiger partial charge in [0.15, 0.2) is 6.61 Å². The zero-order valence-electron chi connectivity index (χ0n) is 12.1. The number of carbonyl (C=O) groups excluding carboxylic acids is 1. The van der Waals surface area contributed by atoms with Crippen molar-refractivity contribution in [3.8, 4) is 5.75 Å². The second-order valence-corrected chi connectivity index (χ2v) is 5.13. The van der Waals surface area contributed by atoms with Gasteiger partial charge in [-0.2, -0.15) is 0 Å². The van der Waals surface area contributed by atoms with Crippen molar-refractivity contribution in [2.24, 2.45) is 0 Å². The third-order valence-corrected chi connectivity index (χ3v) is 3.48. The van der Waals surface area contributed by atoms with Gasteiger partial charge in [-0.05, 0) is 37.1 Å². The summed E-state index contributed by atoms with van der Waals surface area (Å²) in [4.78, 5) is 12.3. The van der Waals surface area contributed by atoms with Crippen LogP contribution in [0.2, 0.25) is 0 Å². The zero-order chi connectivity index (χ0) is 14.8. The van der Waals surface area contributed by atoms with E-state index in [0.717, 1.165) is 22.3 Å². The smallest absolute Gasteiger partial charge is 0.204 e. The average molecular weight is 280 g/mol. The molecule has 1 heterocycles. The molecule has 21 heavy (non-hydrogen) atoms. The van der Waals surface area contributed by atoms with Crippen molar-refractivity contribution in [2.45, 2.75) is 13.8 Å². The van der Waals surface area contributed by atoms with E-state index in [9.17, 15) is 4.79 Å². The number of aryl methyl sites for hydroxylation is 2. The minimum atomic E-state index is -0.0825. The number of rotatable bonds is 4. The van der Waals surface area contributed by atoms with E-state index in [1.807, 2.05) is 56.3 Å². The molecule has 106 valence electrons. The Labute approximate surface area is 123 Å². The highest BCUT2D eigenvalue weighted by atomic mass is 16.5. The Morgan fingerprint density at radius 3 is 2.81 bits per heavy atom. The molecule has 3 heteroatoms. The van der Waals surface area contributed by atoms with Crippen molar-refractivity contribution in [3.05, 3.63) is 65.4 Å². The first kappa shape index (κ1) is 13.4. The first-order chi connectivity index (χ1) is 10.1. The number of para-hydroxylation sites is 1. The van der Waals surface area contributed by atoms with Gasteiger partial charge in [0, 0.05) is 5.39 Å². The van der Waals surface area contributed by atoms with Crippen molar-refractivity contribution >= 4 is 16.8 Å². The molecule has 0 amide bonds. The predicted octanol–water partition coefficient (Wildman–Crippen LogP) is 4.31. The standard InChI is InChI=1S/C18H16O3/c1-12-7-8-13(2)18(9-12)21-11-16(19)15-10-20-17-6-4-3-5-14(15)17/h3-10H,11H2,1-2H3. The molecular formula is C18H16O3. The number of carbonyl (C=O) groups is 1. The fourth-order valence-electron chi connectivity index (χ4n) is 2.28. The van der Waals surface area contributed by atoms with Crippen molar-refractivity contribution in [1.29, 1.82) is 0 Å². The molecule has 0 aliphatic heterocycles. The topological polar surface area (TPSA) is 39.4 Å². The van der Waals surface area contributed by atoms with E-state index >= 15 is 0 Å². The molecule has 0 fully saturated rings. The van der Waals surface area contributed by atoms with Gasteiger partial charge in [0.2, 0.25) is 5.78 Å². The maximum Gasteiger partial charge on any atom is 0.204 e. The van der Waals surface area contributed by atoms with E-state index in [0.29, 0.717) is 11.1 Å². The molecule has 2 aromatic carbocycles. The fourth-order valence-corrected chi connectivity index (χ4v) is 2.28. The number of hydrogen-bond donors (Lipinski definition) is 0. The van der Waals surface area contributed by atoms with Crippen molar-refractivity contribution in [2.75, 3.05) is 6.61 Å². The Bertz CT molecular complexity index is 799. The molecule has 0 aliphatic carbocycles. The molecule has 0 atom stereocenters. The summed E-state index contributed by atoms with van der Waals surface area (Å²) in [5.41, 5.74) is 3.41. The van der Waals surface area contributed by atoms with E-state index in [1.165, 1.54) is 6.26 Å². The first-order valence-corrected chi connectivity index (χ1v) is 6.84. The average Bonchev–Trinajstić information content (AvgIpc) is 2.92. The molecule has 0 saturated carbocycles. The maximum absolute atomic E-state index is 12.3. The SMILES string of the molecule is Cc1ccc(C)c(OCC(=O)c2coc3ccccc23)c1. The van der Waals surface area contributed by atoms with Gasteiger partial charge in [-0.25, -0.2) is 0 Å². The number of fused-ring (bicyclic) bond motifs is 1. The monoisotopic (exact) mass is 280 g/mol. The van der Waals surface area contributed by atoms with Crippen LogP contribution in [0.15, 0.2) is 53.1 Å². The molecular weight excluding hydrogens is 264 g/mol. The highest BCUT2D eigenvalue weighted by Crippen LogP contribution is 2.23. The van der Waals surface area contributed by atoms with Crippen molar-refractivity contribution < 1.29 is 13.9 Å². The van der Waals surface area contributed by atoms with Crippen LogP contribution in [0, 0.1) is 13.8 Å². The van der Waals surface area contributed by atoms with Gasteiger partial charge in [0.1, 0.15) is 17.6 Å². The van der Waals surface area contributed by atoms with Crippen LogP contribution >= 0.6 is 0 Å². The zero-order valence-corrected chi connectivity index (χ0v) is 12.1. The second kappa shape index (κ2) is 5.44. The summed E-state index contributed by atoms with van der Waals surface area (Å²) in [6.07, 6.45) is 1.50. The normalized spacial score (nSPS) is 10.8. The highest BCUT2D eigenvalue weighted by Gasteiger charge is 2.14. The third kappa shape index (κ3) is 2.68. The van der Waals surface area contributed by atoms with Crippen LogP contribution in [0.1, 0.15) is 21.5 Å². The van der Waals surface area contributed by atoms with E-state index in [2.05, 4.69) is 0 Å². The molecule has 0 N–H and O–H groups in total. The van der Waals surface area contributed by atoms with Crippen LogP contribution in [-0.2, 0) is 0 Å². The Kier molecular flexibility index (Phi) is 3.48. The summed E-state index contributed by atoms with van der Waals surface area (Å²) in [6, 6.07) is 13.4. The number of ether oxygens (including phenoxy) is 1. The lowest BCUT2D eigenvalue weighted by Crippen LogP contribution is -2.11. The summed E-state index contributed by atoms with van der Waals surface area (Å²) in [5.74, 6) is 0.664. The van der Waals surface area contributed by atoms with Gasteiger partial charge in [-0.3, -0.25) is 4.79 Å². The molecule has 0 radical (unpaired) electrons. The number of furan rings is 1. The minimum absolute atomic E-state index is 0.00776. The lowest BCUT2D eigenvalue weighted by molar-refractivity contribution is 0.0922. The Morgan fingerprint density at radius 1 is 1.14 bits per heavy atom. The first-order valence-electron chi connectivity index (χ1n) is 6.84. The van der Waals surface area contributed by atoms with Crippen LogP contribution < -0.4 is 4.74 Å². The van der Waals surface area contributed by atoms with E-state index in [4.69, 9.17) is 9.15 Å². The Hall–Kier alpha value is -2.55.